The van der Waals surface area contributed by atoms with Gasteiger partial charge in [-0.3, -0.25) is 9.69 Å². The van der Waals surface area contributed by atoms with E-state index < -0.39 is 0 Å². The Hall–Kier alpha value is -1.07. The fraction of sp³-hybridized carbons (Fsp3) is 0.278. The first-order chi connectivity index (χ1) is 12.0. The average Bonchev–Trinajstić information content (AvgIpc) is 2.96. The van der Waals surface area contributed by atoms with E-state index in [0.717, 1.165) is 17.7 Å². The molecule has 0 N–H and O–H groups in total. The first kappa shape index (κ1) is 18.7. The van der Waals surface area contributed by atoms with E-state index in [1.54, 1.807) is 17.0 Å². The molecule has 25 heavy (non-hydrogen) atoms. The number of carbonyl (C=O) groups excluding carboxylic acids is 1. The summed E-state index contributed by atoms with van der Waals surface area (Å²) in [4.78, 5) is 14.1. The predicted molar refractivity (Wildman–Crippen MR) is 106 cm³/mol. The molecule has 0 unspecified atom stereocenters. The summed E-state index contributed by atoms with van der Waals surface area (Å²) in [6, 6.07) is 10.8. The van der Waals surface area contributed by atoms with Gasteiger partial charge < -0.3 is 4.74 Å². The van der Waals surface area contributed by atoms with Gasteiger partial charge in [-0.25, -0.2) is 0 Å². The van der Waals surface area contributed by atoms with Crippen LogP contribution in [0, 0.1) is 0 Å². The van der Waals surface area contributed by atoms with E-state index in [4.69, 9.17) is 39.5 Å². The number of rotatable bonds is 5. The molecule has 3 nitrogen and oxygen atoms in total. The SMILES string of the molecule is CCCOc1c(Cl)cc([C@H]2SCC(=O)N2c2ccc(Cl)cc2)cc1Cl. The normalized spacial score (nSPS) is 17.2. The maximum absolute atomic E-state index is 12.4. The molecule has 1 atom stereocenters. The maximum atomic E-state index is 12.4. The van der Waals surface area contributed by atoms with Crippen LogP contribution < -0.4 is 9.64 Å². The fourth-order valence-electron chi connectivity index (χ4n) is 2.62. The standard InChI is InChI=1S/C18H16Cl3NO2S/c1-2-7-24-17-14(20)8-11(9-15(17)21)18-22(16(23)10-25-18)13-5-3-12(19)4-6-13/h3-6,8-9,18H,2,7,10H2,1H3/t18-/m1/s1. The van der Waals surface area contributed by atoms with Gasteiger partial charge in [0, 0.05) is 10.7 Å². The van der Waals surface area contributed by atoms with Crippen molar-refractivity contribution in [2.24, 2.45) is 0 Å². The van der Waals surface area contributed by atoms with Gasteiger partial charge in [-0.15, -0.1) is 11.8 Å². The number of ether oxygens (including phenoxy) is 1. The summed E-state index contributed by atoms with van der Waals surface area (Å²) in [5.41, 5.74) is 1.66. The largest absolute Gasteiger partial charge is 0.490 e. The van der Waals surface area contributed by atoms with Gasteiger partial charge in [0.1, 0.15) is 5.37 Å². The van der Waals surface area contributed by atoms with E-state index in [2.05, 4.69) is 0 Å². The van der Waals surface area contributed by atoms with Gasteiger partial charge in [0.25, 0.3) is 0 Å². The number of hydrogen-bond acceptors (Lipinski definition) is 3. The van der Waals surface area contributed by atoms with Crippen molar-refractivity contribution in [2.45, 2.75) is 18.7 Å². The summed E-state index contributed by atoms with van der Waals surface area (Å²) in [5, 5.41) is 1.34. The zero-order valence-corrected chi connectivity index (χ0v) is 16.6. The Bertz CT molecular complexity index is 759. The lowest BCUT2D eigenvalue weighted by molar-refractivity contribution is -0.115. The average molecular weight is 417 g/mol. The van der Waals surface area contributed by atoms with Crippen LogP contribution in [0.1, 0.15) is 24.3 Å². The Morgan fingerprint density at radius 1 is 1.16 bits per heavy atom. The van der Waals surface area contributed by atoms with E-state index in [-0.39, 0.29) is 11.3 Å². The van der Waals surface area contributed by atoms with Crippen molar-refractivity contribution in [1.82, 2.24) is 0 Å². The minimum Gasteiger partial charge on any atom is -0.490 e. The highest BCUT2D eigenvalue weighted by Crippen LogP contribution is 2.45. The fourth-order valence-corrected chi connectivity index (χ4v) is 4.51. The van der Waals surface area contributed by atoms with Crippen molar-refractivity contribution in [2.75, 3.05) is 17.3 Å². The summed E-state index contributed by atoms with van der Waals surface area (Å²) in [5.74, 6) is 0.925. The van der Waals surface area contributed by atoms with Gasteiger partial charge in [-0.2, -0.15) is 0 Å². The molecule has 0 bridgehead atoms. The van der Waals surface area contributed by atoms with Crippen LogP contribution in [-0.4, -0.2) is 18.3 Å². The van der Waals surface area contributed by atoms with Crippen molar-refractivity contribution < 1.29 is 9.53 Å². The van der Waals surface area contributed by atoms with Crippen LogP contribution in [0.2, 0.25) is 15.1 Å². The predicted octanol–water partition coefficient (Wildman–Crippen LogP) is 6.21. The number of benzene rings is 2. The molecule has 1 saturated heterocycles. The third-order valence-electron chi connectivity index (χ3n) is 3.73. The molecular weight excluding hydrogens is 401 g/mol. The molecule has 1 heterocycles. The molecular formula is C18H16Cl3NO2S. The lowest BCUT2D eigenvalue weighted by Crippen LogP contribution is -2.27. The Morgan fingerprint density at radius 3 is 2.40 bits per heavy atom. The summed E-state index contributed by atoms with van der Waals surface area (Å²) in [6.45, 7) is 2.56. The molecule has 0 spiro atoms. The third-order valence-corrected chi connectivity index (χ3v) is 5.75. The number of anilines is 1. The van der Waals surface area contributed by atoms with E-state index in [1.165, 1.54) is 11.8 Å². The van der Waals surface area contributed by atoms with Crippen molar-refractivity contribution in [1.29, 1.82) is 0 Å². The molecule has 132 valence electrons. The molecule has 1 aliphatic rings. The molecule has 7 heteroatoms. The summed E-state index contributed by atoms with van der Waals surface area (Å²) in [6.07, 6.45) is 0.867. The summed E-state index contributed by atoms with van der Waals surface area (Å²) in [7, 11) is 0. The molecule has 1 aliphatic heterocycles. The second-order valence-corrected chi connectivity index (χ2v) is 7.89. The molecule has 0 aromatic heterocycles. The van der Waals surface area contributed by atoms with Crippen LogP contribution in [0.5, 0.6) is 5.75 Å². The highest BCUT2D eigenvalue weighted by Gasteiger charge is 2.34. The number of amides is 1. The molecule has 2 aromatic rings. The van der Waals surface area contributed by atoms with Gasteiger partial charge in [0.15, 0.2) is 5.75 Å². The molecule has 3 rings (SSSR count). The summed E-state index contributed by atoms with van der Waals surface area (Å²) < 4.78 is 5.61. The van der Waals surface area contributed by atoms with E-state index in [1.807, 2.05) is 31.2 Å². The lowest BCUT2D eigenvalue weighted by Gasteiger charge is -2.25. The van der Waals surface area contributed by atoms with Crippen LogP contribution >= 0.6 is 46.6 Å². The van der Waals surface area contributed by atoms with Gasteiger partial charge in [-0.1, -0.05) is 41.7 Å². The monoisotopic (exact) mass is 415 g/mol. The lowest BCUT2D eigenvalue weighted by atomic mass is 10.1. The van der Waals surface area contributed by atoms with Crippen LogP contribution in [-0.2, 0) is 4.79 Å². The second-order valence-electron chi connectivity index (χ2n) is 5.57. The first-order valence-electron chi connectivity index (χ1n) is 7.82. The van der Waals surface area contributed by atoms with Crippen molar-refractivity contribution in [3.05, 3.63) is 57.0 Å². The van der Waals surface area contributed by atoms with Gasteiger partial charge in [-0.05, 0) is 48.4 Å². The van der Waals surface area contributed by atoms with E-state index >= 15 is 0 Å². The van der Waals surface area contributed by atoms with Crippen LogP contribution in [0.3, 0.4) is 0 Å². The second kappa shape index (κ2) is 8.09. The number of hydrogen-bond donors (Lipinski definition) is 0. The quantitative estimate of drug-likeness (QED) is 0.580. The van der Waals surface area contributed by atoms with Crippen LogP contribution in [0.4, 0.5) is 5.69 Å². The minimum absolute atomic E-state index is 0.0378. The Labute approximate surface area is 166 Å². The molecule has 2 aromatic carbocycles. The number of nitrogens with zero attached hydrogens (tertiary/aromatic N) is 1. The smallest absolute Gasteiger partial charge is 0.238 e. The highest BCUT2D eigenvalue weighted by atomic mass is 35.5. The molecule has 1 fully saturated rings. The van der Waals surface area contributed by atoms with Crippen LogP contribution in [0.15, 0.2) is 36.4 Å². The third kappa shape index (κ3) is 4.03. The van der Waals surface area contributed by atoms with Gasteiger partial charge >= 0.3 is 0 Å². The Kier molecular flexibility index (Phi) is 6.05. The van der Waals surface area contributed by atoms with E-state index in [9.17, 15) is 4.79 Å². The Balaban J connectivity index is 1.94. The van der Waals surface area contributed by atoms with Crippen molar-refractivity contribution >= 4 is 58.2 Å². The number of halogens is 3. The first-order valence-corrected chi connectivity index (χ1v) is 10.0. The number of carbonyl (C=O) groups is 1. The molecule has 0 saturated carbocycles. The maximum Gasteiger partial charge on any atom is 0.238 e. The van der Waals surface area contributed by atoms with Crippen LogP contribution in [0.25, 0.3) is 0 Å². The Morgan fingerprint density at radius 2 is 1.80 bits per heavy atom. The molecule has 0 radical (unpaired) electrons. The van der Waals surface area contributed by atoms with Gasteiger partial charge in [0.2, 0.25) is 5.91 Å². The van der Waals surface area contributed by atoms with Crippen molar-refractivity contribution in [3.8, 4) is 5.75 Å². The number of thioether (sulfide) groups is 1. The van der Waals surface area contributed by atoms with Gasteiger partial charge in [0.05, 0.1) is 22.4 Å². The summed E-state index contributed by atoms with van der Waals surface area (Å²) >= 11 is 20.2. The van der Waals surface area contributed by atoms with E-state index in [0.29, 0.717) is 33.2 Å². The molecule has 1 amide bonds. The minimum atomic E-state index is -0.191. The topological polar surface area (TPSA) is 29.5 Å². The van der Waals surface area contributed by atoms with Crippen molar-refractivity contribution in [3.63, 3.8) is 0 Å². The molecule has 0 aliphatic carbocycles. The zero-order chi connectivity index (χ0) is 18.0. The highest BCUT2D eigenvalue weighted by molar-refractivity contribution is 8.00. The zero-order valence-electron chi connectivity index (χ0n) is 13.5.